The number of aromatic hydroxyl groups is 1. The van der Waals surface area contributed by atoms with Gasteiger partial charge in [-0.1, -0.05) is 41.8 Å². The molecular formula is C23H27Cl2NO3. The number of carboxylic acid groups (broad SMARTS) is 1. The Morgan fingerprint density at radius 1 is 1.00 bits per heavy atom. The molecule has 29 heavy (non-hydrogen) atoms. The Hall–Kier alpha value is -1.75. The quantitative estimate of drug-likeness (QED) is 0.470. The second-order valence-corrected chi connectivity index (χ2v) is 8.71. The largest absolute Gasteiger partial charge is 0.507 e. The minimum atomic E-state index is -1.11. The molecule has 1 aliphatic rings. The van der Waals surface area contributed by atoms with Crippen molar-refractivity contribution < 1.29 is 15.0 Å². The SMILES string of the molecule is O=C(O)c1cc(CNC2CCC(CCCc3ccc(Cl)c(Cl)c3)CC2)ccc1O. The van der Waals surface area contributed by atoms with E-state index in [1.54, 1.807) is 12.1 Å². The van der Waals surface area contributed by atoms with E-state index >= 15 is 0 Å². The molecule has 2 aromatic carbocycles. The molecule has 0 atom stereocenters. The summed E-state index contributed by atoms with van der Waals surface area (Å²) in [6.45, 7) is 0.618. The molecule has 1 fully saturated rings. The third-order valence-corrected chi connectivity index (χ3v) is 6.53. The van der Waals surface area contributed by atoms with Crippen LogP contribution in [-0.4, -0.2) is 22.2 Å². The average Bonchev–Trinajstić information content (AvgIpc) is 2.71. The molecule has 0 radical (unpaired) electrons. The van der Waals surface area contributed by atoms with Crippen LogP contribution >= 0.6 is 23.2 Å². The van der Waals surface area contributed by atoms with Crippen LogP contribution in [0, 0.1) is 5.92 Å². The summed E-state index contributed by atoms with van der Waals surface area (Å²) >= 11 is 12.1. The molecule has 1 saturated carbocycles. The first-order chi connectivity index (χ1) is 13.9. The molecule has 0 bridgehead atoms. The molecule has 0 amide bonds. The molecule has 1 aliphatic carbocycles. The van der Waals surface area contributed by atoms with E-state index in [4.69, 9.17) is 28.3 Å². The third kappa shape index (κ3) is 6.36. The molecule has 0 spiro atoms. The van der Waals surface area contributed by atoms with Gasteiger partial charge in [-0.3, -0.25) is 0 Å². The van der Waals surface area contributed by atoms with E-state index in [0.717, 1.165) is 37.2 Å². The van der Waals surface area contributed by atoms with Gasteiger partial charge < -0.3 is 15.5 Å². The number of hydrogen-bond acceptors (Lipinski definition) is 3. The number of benzene rings is 2. The standard InChI is InChI=1S/C23H27Cl2NO3/c24-20-10-6-16(13-21(20)25)3-1-2-15-4-8-18(9-5-15)26-14-17-7-11-22(27)19(12-17)23(28)29/h6-7,10-13,15,18,26-27H,1-5,8-9,14H2,(H,28,29). The van der Waals surface area contributed by atoms with Crippen molar-refractivity contribution >= 4 is 29.2 Å². The molecule has 6 heteroatoms. The topological polar surface area (TPSA) is 69.6 Å². The molecular weight excluding hydrogens is 409 g/mol. The summed E-state index contributed by atoms with van der Waals surface area (Å²) in [5.41, 5.74) is 2.07. The predicted molar refractivity (Wildman–Crippen MR) is 117 cm³/mol. The highest BCUT2D eigenvalue weighted by Crippen LogP contribution is 2.29. The van der Waals surface area contributed by atoms with Crippen molar-refractivity contribution in [3.8, 4) is 5.75 Å². The van der Waals surface area contributed by atoms with Gasteiger partial charge in [0.2, 0.25) is 0 Å². The third-order valence-electron chi connectivity index (χ3n) is 5.79. The fraction of sp³-hybridized carbons (Fsp3) is 0.435. The van der Waals surface area contributed by atoms with Crippen molar-refractivity contribution in [1.82, 2.24) is 5.32 Å². The normalized spacial score (nSPS) is 19.2. The van der Waals surface area contributed by atoms with Crippen LogP contribution in [0.1, 0.15) is 60.0 Å². The summed E-state index contributed by atoms with van der Waals surface area (Å²) in [5, 5.41) is 23.5. The predicted octanol–water partition coefficient (Wildman–Crippen LogP) is 6.07. The van der Waals surface area contributed by atoms with E-state index in [-0.39, 0.29) is 11.3 Å². The van der Waals surface area contributed by atoms with Crippen LogP contribution in [0.25, 0.3) is 0 Å². The van der Waals surface area contributed by atoms with Gasteiger partial charge in [-0.05, 0) is 79.8 Å². The van der Waals surface area contributed by atoms with Gasteiger partial charge in [-0.25, -0.2) is 4.79 Å². The van der Waals surface area contributed by atoms with Gasteiger partial charge in [0.15, 0.2) is 0 Å². The Labute approximate surface area is 181 Å². The van der Waals surface area contributed by atoms with Gasteiger partial charge >= 0.3 is 5.97 Å². The van der Waals surface area contributed by atoms with Crippen molar-refractivity contribution in [1.29, 1.82) is 0 Å². The Morgan fingerprint density at radius 3 is 2.41 bits per heavy atom. The molecule has 3 rings (SSSR count). The van der Waals surface area contributed by atoms with Crippen molar-refractivity contribution in [2.75, 3.05) is 0 Å². The number of hydrogen-bond donors (Lipinski definition) is 3. The summed E-state index contributed by atoms with van der Waals surface area (Å²) in [7, 11) is 0. The van der Waals surface area contributed by atoms with Gasteiger partial charge in [0.05, 0.1) is 10.0 Å². The van der Waals surface area contributed by atoms with E-state index in [2.05, 4.69) is 5.32 Å². The van der Waals surface area contributed by atoms with E-state index in [9.17, 15) is 9.90 Å². The molecule has 4 nitrogen and oxygen atoms in total. The van der Waals surface area contributed by atoms with Gasteiger partial charge in [-0.15, -0.1) is 0 Å². The summed E-state index contributed by atoms with van der Waals surface area (Å²) in [4.78, 5) is 11.1. The van der Waals surface area contributed by atoms with Crippen LogP contribution in [0.3, 0.4) is 0 Å². The number of halogens is 2. The minimum absolute atomic E-state index is 0.0463. The van der Waals surface area contributed by atoms with E-state index in [1.807, 2.05) is 18.2 Å². The Bertz CT molecular complexity index is 848. The second-order valence-electron chi connectivity index (χ2n) is 7.90. The van der Waals surface area contributed by atoms with Crippen LogP contribution in [0.5, 0.6) is 5.75 Å². The number of carboxylic acids is 1. The molecule has 0 aromatic heterocycles. The summed E-state index contributed by atoms with van der Waals surface area (Å²) in [6.07, 6.45) is 8.13. The maximum Gasteiger partial charge on any atom is 0.339 e. The van der Waals surface area contributed by atoms with Crippen LogP contribution < -0.4 is 5.32 Å². The lowest BCUT2D eigenvalue weighted by Crippen LogP contribution is -2.32. The smallest absolute Gasteiger partial charge is 0.339 e. The highest BCUT2D eigenvalue weighted by atomic mass is 35.5. The van der Waals surface area contributed by atoms with Gasteiger partial charge in [0.1, 0.15) is 11.3 Å². The first kappa shape index (κ1) is 21.9. The number of aryl methyl sites for hydroxylation is 1. The molecule has 156 valence electrons. The number of aromatic carboxylic acids is 1. The number of carbonyl (C=O) groups is 1. The zero-order valence-electron chi connectivity index (χ0n) is 16.3. The molecule has 0 heterocycles. The van der Waals surface area contributed by atoms with Crippen molar-refractivity contribution in [3.05, 3.63) is 63.1 Å². The van der Waals surface area contributed by atoms with E-state index in [1.165, 1.54) is 30.9 Å². The first-order valence-electron chi connectivity index (χ1n) is 10.1. The Morgan fingerprint density at radius 2 is 1.72 bits per heavy atom. The van der Waals surface area contributed by atoms with Crippen molar-refractivity contribution in [2.24, 2.45) is 5.92 Å². The molecule has 0 saturated heterocycles. The van der Waals surface area contributed by atoms with Crippen molar-refractivity contribution in [2.45, 2.75) is 57.5 Å². The van der Waals surface area contributed by atoms with Gasteiger partial charge in [0, 0.05) is 12.6 Å². The summed E-state index contributed by atoms with van der Waals surface area (Å²) in [6, 6.07) is 11.1. The van der Waals surface area contributed by atoms with Crippen LogP contribution in [0.15, 0.2) is 36.4 Å². The fourth-order valence-electron chi connectivity index (χ4n) is 4.07. The highest BCUT2D eigenvalue weighted by molar-refractivity contribution is 6.42. The maximum absolute atomic E-state index is 11.1. The van der Waals surface area contributed by atoms with Gasteiger partial charge in [-0.2, -0.15) is 0 Å². The summed E-state index contributed by atoms with van der Waals surface area (Å²) in [5.74, 6) is -0.531. The molecule has 3 N–H and O–H groups in total. The van der Waals surface area contributed by atoms with Gasteiger partial charge in [0.25, 0.3) is 0 Å². The van der Waals surface area contributed by atoms with Crippen LogP contribution in [-0.2, 0) is 13.0 Å². The molecule has 0 aliphatic heterocycles. The lowest BCUT2D eigenvalue weighted by atomic mass is 9.83. The Kier molecular flexibility index (Phi) is 7.82. The lowest BCUT2D eigenvalue weighted by Gasteiger charge is -2.29. The monoisotopic (exact) mass is 435 g/mol. The fourth-order valence-corrected chi connectivity index (χ4v) is 4.39. The minimum Gasteiger partial charge on any atom is -0.507 e. The maximum atomic E-state index is 11.1. The average molecular weight is 436 g/mol. The summed E-state index contributed by atoms with van der Waals surface area (Å²) < 4.78 is 0. The zero-order chi connectivity index (χ0) is 20.8. The van der Waals surface area contributed by atoms with Crippen LogP contribution in [0.2, 0.25) is 10.0 Å². The van der Waals surface area contributed by atoms with Crippen molar-refractivity contribution in [3.63, 3.8) is 0 Å². The van der Waals surface area contributed by atoms with E-state index < -0.39 is 5.97 Å². The van der Waals surface area contributed by atoms with Crippen LogP contribution in [0.4, 0.5) is 0 Å². The number of nitrogens with one attached hydrogen (secondary N) is 1. The molecule has 0 unspecified atom stereocenters. The second kappa shape index (κ2) is 10.3. The Balaban J connectivity index is 1.37. The van der Waals surface area contributed by atoms with E-state index in [0.29, 0.717) is 22.6 Å². The zero-order valence-corrected chi connectivity index (χ0v) is 17.8. The number of phenols is 1. The first-order valence-corrected chi connectivity index (χ1v) is 10.9. The highest BCUT2D eigenvalue weighted by Gasteiger charge is 2.21. The lowest BCUT2D eigenvalue weighted by molar-refractivity contribution is 0.0693. The molecule has 2 aromatic rings. The number of rotatable bonds is 8.